The summed E-state index contributed by atoms with van der Waals surface area (Å²) in [6.45, 7) is 4.35. The lowest BCUT2D eigenvalue weighted by Crippen LogP contribution is -2.61. The average Bonchev–Trinajstić information content (AvgIpc) is 2.74. The van der Waals surface area contributed by atoms with Gasteiger partial charge in [0.25, 0.3) is 0 Å². The highest BCUT2D eigenvalue weighted by molar-refractivity contribution is 5.84. The van der Waals surface area contributed by atoms with Gasteiger partial charge in [0.05, 0.1) is 18.3 Å². The van der Waals surface area contributed by atoms with E-state index in [1.54, 1.807) is 0 Å². The minimum absolute atomic E-state index is 0.00473. The minimum atomic E-state index is -0.470. The summed E-state index contributed by atoms with van der Waals surface area (Å²) < 4.78 is 0. The highest BCUT2D eigenvalue weighted by Gasteiger charge is 2.64. The lowest BCUT2D eigenvalue weighted by atomic mass is 9.44. The van der Waals surface area contributed by atoms with Crippen LogP contribution in [0, 0.1) is 34.5 Å². The van der Waals surface area contributed by atoms with Crippen LogP contribution in [-0.2, 0) is 4.79 Å². The van der Waals surface area contributed by atoms with Crippen molar-refractivity contribution in [2.45, 2.75) is 77.1 Å². The van der Waals surface area contributed by atoms with Crippen molar-refractivity contribution in [2.24, 2.45) is 34.5 Å². The minimum Gasteiger partial charge on any atom is -0.393 e. The lowest BCUT2D eigenvalue weighted by Gasteiger charge is -2.60. The number of fused-ring (bicyclic) bond motifs is 5. The summed E-state index contributed by atoms with van der Waals surface area (Å²) in [5.74, 6) is 0.689. The van der Waals surface area contributed by atoms with E-state index in [1.165, 1.54) is 0 Å². The largest absolute Gasteiger partial charge is 0.393 e. The van der Waals surface area contributed by atoms with Crippen molar-refractivity contribution in [3.8, 4) is 0 Å². The molecule has 3 N–H and O–H groups in total. The summed E-state index contributed by atoms with van der Waals surface area (Å²) in [6.07, 6.45) is 3.95. The maximum atomic E-state index is 13.1. The predicted molar refractivity (Wildman–Crippen MR) is 85.5 cm³/mol. The summed E-state index contributed by atoms with van der Waals surface area (Å²) in [5, 5.41) is 31.1. The van der Waals surface area contributed by atoms with Gasteiger partial charge in [-0.1, -0.05) is 13.8 Å². The van der Waals surface area contributed by atoms with Gasteiger partial charge in [-0.25, -0.2) is 0 Å². The van der Waals surface area contributed by atoms with Crippen molar-refractivity contribution in [3.05, 3.63) is 0 Å². The van der Waals surface area contributed by atoms with E-state index >= 15 is 0 Å². The Labute approximate surface area is 138 Å². The fourth-order valence-electron chi connectivity index (χ4n) is 7.05. The fourth-order valence-corrected chi connectivity index (χ4v) is 7.05. The van der Waals surface area contributed by atoms with Crippen molar-refractivity contribution < 1.29 is 20.1 Å². The Bertz CT molecular complexity index is 519. The molecule has 0 heterocycles. The molecule has 130 valence electrons. The third-order valence-corrected chi connectivity index (χ3v) is 8.08. The van der Waals surface area contributed by atoms with Crippen LogP contribution in [-0.4, -0.2) is 39.4 Å². The van der Waals surface area contributed by atoms with Crippen molar-refractivity contribution in [1.29, 1.82) is 0 Å². The molecule has 0 aromatic rings. The first-order valence-corrected chi connectivity index (χ1v) is 9.31. The maximum Gasteiger partial charge on any atom is 0.137 e. The zero-order valence-corrected chi connectivity index (χ0v) is 14.2. The molecule has 23 heavy (non-hydrogen) atoms. The van der Waals surface area contributed by atoms with E-state index in [0.29, 0.717) is 31.5 Å². The van der Waals surface area contributed by atoms with E-state index in [-0.39, 0.29) is 46.7 Å². The van der Waals surface area contributed by atoms with Crippen molar-refractivity contribution in [1.82, 2.24) is 0 Å². The average molecular weight is 322 g/mol. The van der Waals surface area contributed by atoms with Crippen LogP contribution in [0.2, 0.25) is 0 Å². The topological polar surface area (TPSA) is 77.8 Å². The molecule has 4 heteroatoms. The monoisotopic (exact) mass is 322 g/mol. The Hall–Kier alpha value is -0.450. The predicted octanol–water partition coefficient (Wildman–Crippen LogP) is 1.90. The Morgan fingerprint density at radius 3 is 2.52 bits per heavy atom. The van der Waals surface area contributed by atoms with Gasteiger partial charge in [-0.3, -0.25) is 4.79 Å². The molecule has 0 spiro atoms. The van der Waals surface area contributed by atoms with E-state index in [9.17, 15) is 20.1 Å². The Balaban J connectivity index is 1.73. The van der Waals surface area contributed by atoms with Crippen molar-refractivity contribution >= 4 is 5.78 Å². The highest BCUT2D eigenvalue weighted by atomic mass is 16.3. The standard InChI is InChI=1S/C19H30O4/c1-18-8-12(21)7-13(18)16-14(22)6-10-5-11(20)3-4-19(10,2)17(16)15(23)9-18/h10-14,16-17,20-22H,3-9H2,1-2H3/t10-,11+,12+,13+,14-,16-,17-,18+,19-/m1/s1. The molecule has 4 nitrogen and oxygen atoms in total. The fraction of sp³-hybridized carbons (Fsp3) is 0.947. The molecule has 0 aromatic carbocycles. The molecule has 4 aliphatic carbocycles. The number of aliphatic hydroxyl groups is 3. The van der Waals surface area contributed by atoms with Gasteiger partial charge in [-0.05, 0) is 67.1 Å². The van der Waals surface area contributed by atoms with Gasteiger partial charge in [-0.2, -0.15) is 0 Å². The summed E-state index contributed by atoms with van der Waals surface area (Å²) in [7, 11) is 0. The molecule has 0 aromatic heterocycles. The molecule has 0 radical (unpaired) electrons. The first-order valence-electron chi connectivity index (χ1n) is 9.31. The third kappa shape index (κ3) is 2.17. The van der Waals surface area contributed by atoms with Gasteiger partial charge in [0.1, 0.15) is 5.78 Å². The van der Waals surface area contributed by atoms with Gasteiger partial charge in [0.15, 0.2) is 0 Å². The third-order valence-electron chi connectivity index (χ3n) is 8.08. The summed E-state index contributed by atoms with van der Waals surface area (Å²) in [5.41, 5.74) is -0.231. The van der Waals surface area contributed by atoms with E-state index in [0.717, 1.165) is 19.3 Å². The molecule has 0 saturated heterocycles. The van der Waals surface area contributed by atoms with Crippen LogP contribution >= 0.6 is 0 Å². The first-order chi connectivity index (χ1) is 10.7. The molecule has 4 rings (SSSR count). The molecular weight excluding hydrogens is 292 g/mol. The van der Waals surface area contributed by atoms with E-state index in [1.807, 2.05) is 0 Å². The second-order valence-corrected chi connectivity index (χ2v) is 9.49. The van der Waals surface area contributed by atoms with Gasteiger partial charge < -0.3 is 15.3 Å². The Morgan fingerprint density at radius 1 is 1.04 bits per heavy atom. The quantitative estimate of drug-likeness (QED) is 0.636. The summed E-state index contributed by atoms with van der Waals surface area (Å²) >= 11 is 0. The van der Waals surface area contributed by atoms with Gasteiger partial charge >= 0.3 is 0 Å². The molecular formula is C19H30O4. The van der Waals surface area contributed by atoms with Gasteiger partial charge in [0, 0.05) is 12.3 Å². The molecule has 4 fully saturated rings. The van der Waals surface area contributed by atoms with Crippen molar-refractivity contribution in [3.63, 3.8) is 0 Å². The molecule has 4 aliphatic rings. The maximum absolute atomic E-state index is 13.1. The Morgan fingerprint density at radius 2 is 1.78 bits per heavy atom. The molecule has 0 aliphatic heterocycles. The van der Waals surface area contributed by atoms with E-state index in [2.05, 4.69) is 13.8 Å². The molecule has 0 amide bonds. The molecule has 4 saturated carbocycles. The molecule has 0 bridgehead atoms. The van der Waals surface area contributed by atoms with E-state index in [4.69, 9.17) is 0 Å². The van der Waals surface area contributed by atoms with Crippen molar-refractivity contribution in [2.75, 3.05) is 0 Å². The number of carbonyl (C=O) groups is 1. The van der Waals surface area contributed by atoms with Crippen LogP contribution in [0.4, 0.5) is 0 Å². The second kappa shape index (κ2) is 5.03. The van der Waals surface area contributed by atoms with Crippen LogP contribution in [0.1, 0.15) is 58.8 Å². The number of aliphatic hydroxyl groups excluding tert-OH is 3. The second-order valence-electron chi connectivity index (χ2n) is 9.49. The summed E-state index contributed by atoms with van der Waals surface area (Å²) in [6, 6.07) is 0. The van der Waals surface area contributed by atoms with Gasteiger partial charge in [-0.15, -0.1) is 0 Å². The van der Waals surface area contributed by atoms with Crippen LogP contribution < -0.4 is 0 Å². The first kappa shape index (κ1) is 16.0. The highest BCUT2D eigenvalue weighted by Crippen LogP contribution is 2.65. The smallest absolute Gasteiger partial charge is 0.137 e. The normalized spacial score (nSPS) is 59.2. The molecule has 9 atom stereocenters. The lowest BCUT2D eigenvalue weighted by molar-refractivity contribution is -0.179. The van der Waals surface area contributed by atoms with Crippen LogP contribution in [0.3, 0.4) is 0 Å². The van der Waals surface area contributed by atoms with E-state index < -0.39 is 6.10 Å². The number of hydrogen-bond donors (Lipinski definition) is 3. The zero-order valence-electron chi connectivity index (χ0n) is 14.2. The number of ketones is 1. The molecule has 0 unspecified atom stereocenters. The number of hydrogen-bond acceptors (Lipinski definition) is 4. The number of rotatable bonds is 0. The zero-order chi connectivity index (χ0) is 16.6. The van der Waals surface area contributed by atoms with Gasteiger partial charge in [0.2, 0.25) is 0 Å². The van der Waals surface area contributed by atoms with Crippen LogP contribution in [0.5, 0.6) is 0 Å². The van der Waals surface area contributed by atoms with Crippen LogP contribution in [0.15, 0.2) is 0 Å². The van der Waals surface area contributed by atoms with Crippen LogP contribution in [0.25, 0.3) is 0 Å². The number of Topliss-reactive ketones (excluding diaryl/α,β-unsaturated/α-hetero) is 1. The Kier molecular flexibility index (Phi) is 3.51. The SMILES string of the molecule is C[C@]12CC(=O)[C@@H]3[C@@H]([C@H](O)C[C@H]4C[C@@H](O)CC[C@]43C)[C@@H]1C[C@H](O)C2. The number of carbonyl (C=O) groups excluding carboxylic acids is 1. The summed E-state index contributed by atoms with van der Waals surface area (Å²) in [4.78, 5) is 13.1.